The van der Waals surface area contributed by atoms with Gasteiger partial charge in [-0.15, -0.1) is 0 Å². The fraction of sp³-hybridized carbons (Fsp3) is 0.379. The molecule has 0 fully saturated rings. The fourth-order valence-corrected chi connectivity index (χ4v) is 4.59. The first kappa shape index (κ1) is 25.9. The van der Waals surface area contributed by atoms with E-state index >= 15 is 0 Å². The van der Waals surface area contributed by atoms with Gasteiger partial charge in [0.15, 0.2) is 23.3 Å². The molecule has 3 aromatic carbocycles. The lowest BCUT2D eigenvalue weighted by Crippen LogP contribution is -2.12. The van der Waals surface area contributed by atoms with Gasteiger partial charge >= 0.3 is 0 Å². The summed E-state index contributed by atoms with van der Waals surface area (Å²) in [4.78, 5) is 0. The minimum atomic E-state index is -2.13. The first-order valence-electron chi connectivity index (χ1n) is 11.7. The Morgan fingerprint density at radius 3 is 1.91 bits per heavy atom. The number of halogens is 5. The maximum absolute atomic E-state index is 14.3. The van der Waals surface area contributed by atoms with Crippen molar-refractivity contribution in [3.05, 3.63) is 105 Å². The summed E-state index contributed by atoms with van der Waals surface area (Å²) in [5.74, 6) is -9.61. The van der Waals surface area contributed by atoms with E-state index in [1.165, 1.54) is 18.1 Å². The lowest BCUT2D eigenvalue weighted by Gasteiger charge is -2.20. The van der Waals surface area contributed by atoms with Gasteiger partial charge in [0.25, 0.3) is 0 Å². The molecule has 0 aliphatic carbocycles. The minimum absolute atomic E-state index is 0.168. The van der Waals surface area contributed by atoms with E-state index in [0.717, 1.165) is 29.5 Å². The molecular weight excluding hydrogens is 443 g/mol. The van der Waals surface area contributed by atoms with Crippen molar-refractivity contribution in [2.75, 3.05) is 0 Å². The summed E-state index contributed by atoms with van der Waals surface area (Å²) in [5, 5.41) is 0. The molecule has 0 aromatic heterocycles. The van der Waals surface area contributed by atoms with Crippen LogP contribution in [0.2, 0.25) is 0 Å². The SMILES string of the molecule is Cc1c(CC(C)c2c(F)c(F)c(F)c(F)c2F)cccc1C(C)CCc1cccc(C(C)C)c1. The van der Waals surface area contributed by atoms with Crippen molar-refractivity contribution in [3.8, 4) is 0 Å². The van der Waals surface area contributed by atoms with E-state index in [9.17, 15) is 22.0 Å². The molecule has 2 atom stereocenters. The summed E-state index contributed by atoms with van der Waals surface area (Å²) >= 11 is 0. The number of aryl methyl sites for hydroxylation is 1. The van der Waals surface area contributed by atoms with E-state index in [1.807, 2.05) is 25.1 Å². The average Bonchev–Trinajstić information content (AvgIpc) is 2.81. The van der Waals surface area contributed by atoms with E-state index in [0.29, 0.717) is 5.92 Å². The van der Waals surface area contributed by atoms with Crippen LogP contribution in [-0.4, -0.2) is 0 Å². The summed E-state index contributed by atoms with van der Waals surface area (Å²) in [5.41, 5.74) is 4.78. The van der Waals surface area contributed by atoms with Gasteiger partial charge in [0.1, 0.15) is 0 Å². The maximum atomic E-state index is 14.3. The van der Waals surface area contributed by atoms with E-state index in [2.05, 4.69) is 45.0 Å². The Morgan fingerprint density at radius 1 is 0.706 bits per heavy atom. The van der Waals surface area contributed by atoms with Gasteiger partial charge < -0.3 is 0 Å². The van der Waals surface area contributed by atoms with Gasteiger partial charge in [0, 0.05) is 5.56 Å². The predicted octanol–water partition coefficient (Wildman–Crippen LogP) is 8.90. The Hall–Kier alpha value is -2.69. The molecule has 3 rings (SSSR count). The van der Waals surface area contributed by atoms with Gasteiger partial charge in [-0.05, 0) is 71.8 Å². The van der Waals surface area contributed by atoms with Gasteiger partial charge in [-0.3, -0.25) is 0 Å². The third kappa shape index (κ3) is 5.34. The molecule has 0 heterocycles. The zero-order valence-electron chi connectivity index (χ0n) is 20.3. The first-order valence-corrected chi connectivity index (χ1v) is 11.7. The predicted molar refractivity (Wildman–Crippen MR) is 127 cm³/mol. The normalized spacial score (nSPS) is 13.4. The van der Waals surface area contributed by atoms with Crippen LogP contribution in [0.4, 0.5) is 22.0 Å². The molecule has 0 nitrogen and oxygen atoms in total. The minimum Gasteiger partial charge on any atom is -0.203 e. The van der Waals surface area contributed by atoms with E-state index in [4.69, 9.17) is 0 Å². The van der Waals surface area contributed by atoms with Gasteiger partial charge in [-0.1, -0.05) is 70.2 Å². The molecule has 0 N–H and O–H groups in total. The van der Waals surface area contributed by atoms with Crippen LogP contribution in [0.1, 0.15) is 85.3 Å². The van der Waals surface area contributed by atoms with Crippen LogP contribution in [0.15, 0.2) is 42.5 Å². The van der Waals surface area contributed by atoms with Crippen LogP contribution in [0.3, 0.4) is 0 Å². The summed E-state index contributed by atoms with van der Waals surface area (Å²) in [6, 6.07) is 14.4. The monoisotopic (exact) mass is 474 g/mol. The second kappa shape index (κ2) is 10.7. The van der Waals surface area contributed by atoms with E-state index in [-0.39, 0.29) is 12.3 Å². The maximum Gasteiger partial charge on any atom is 0.200 e. The van der Waals surface area contributed by atoms with Crippen molar-refractivity contribution >= 4 is 0 Å². The van der Waals surface area contributed by atoms with Crippen molar-refractivity contribution < 1.29 is 22.0 Å². The molecule has 0 saturated heterocycles. The Balaban J connectivity index is 1.79. The van der Waals surface area contributed by atoms with Crippen molar-refractivity contribution in [3.63, 3.8) is 0 Å². The second-order valence-corrected chi connectivity index (χ2v) is 9.56. The molecule has 3 aromatic rings. The van der Waals surface area contributed by atoms with Crippen LogP contribution >= 0.6 is 0 Å². The molecule has 0 aliphatic heterocycles. The quantitative estimate of drug-likeness (QED) is 0.174. The summed E-state index contributed by atoms with van der Waals surface area (Å²) in [7, 11) is 0. The van der Waals surface area contributed by atoms with Crippen LogP contribution in [0, 0.1) is 36.0 Å². The van der Waals surface area contributed by atoms with Crippen LogP contribution in [0.5, 0.6) is 0 Å². The third-order valence-corrected chi connectivity index (χ3v) is 6.77. The highest BCUT2D eigenvalue weighted by Crippen LogP contribution is 2.33. The number of hydrogen-bond donors (Lipinski definition) is 0. The Labute approximate surface area is 198 Å². The third-order valence-electron chi connectivity index (χ3n) is 6.77. The number of hydrogen-bond acceptors (Lipinski definition) is 0. The molecule has 34 heavy (non-hydrogen) atoms. The largest absolute Gasteiger partial charge is 0.203 e. The highest BCUT2D eigenvalue weighted by atomic mass is 19.2. The highest BCUT2D eigenvalue weighted by Gasteiger charge is 2.29. The van der Waals surface area contributed by atoms with E-state index < -0.39 is 40.6 Å². The first-order chi connectivity index (χ1) is 16.0. The van der Waals surface area contributed by atoms with Gasteiger partial charge in [-0.25, -0.2) is 22.0 Å². The Morgan fingerprint density at radius 2 is 1.29 bits per heavy atom. The molecule has 5 heteroatoms. The second-order valence-electron chi connectivity index (χ2n) is 9.56. The number of rotatable bonds is 8. The topological polar surface area (TPSA) is 0 Å². The number of benzene rings is 3. The van der Waals surface area contributed by atoms with Gasteiger partial charge in [-0.2, -0.15) is 0 Å². The molecule has 0 amide bonds. The Bertz CT molecular complexity index is 1140. The average molecular weight is 475 g/mol. The summed E-state index contributed by atoms with van der Waals surface area (Å²) < 4.78 is 69.4. The zero-order valence-corrected chi connectivity index (χ0v) is 20.3. The standard InChI is InChI=1S/C29H31F5/c1-16(2)21-9-6-8-20(15-21)13-12-17(3)23-11-7-10-22(19(23)5)14-18(4)24-25(30)27(32)29(34)28(33)26(24)31/h6-11,15-18H,12-14H2,1-5H3. The summed E-state index contributed by atoms with van der Waals surface area (Å²) in [6.07, 6.45) is 2.02. The lowest BCUT2D eigenvalue weighted by molar-refractivity contribution is 0.365. The molecule has 0 bridgehead atoms. The lowest BCUT2D eigenvalue weighted by atomic mass is 9.85. The Kier molecular flexibility index (Phi) is 8.17. The van der Waals surface area contributed by atoms with E-state index in [1.54, 1.807) is 0 Å². The van der Waals surface area contributed by atoms with Gasteiger partial charge in [0.05, 0.1) is 0 Å². The van der Waals surface area contributed by atoms with Crippen molar-refractivity contribution in [2.45, 2.75) is 71.6 Å². The van der Waals surface area contributed by atoms with Gasteiger partial charge in [0.2, 0.25) is 5.82 Å². The highest BCUT2D eigenvalue weighted by molar-refractivity contribution is 5.38. The zero-order chi connectivity index (χ0) is 25.2. The van der Waals surface area contributed by atoms with Crippen molar-refractivity contribution in [1.82, 2.24) is 0 Å². The summed E-state index contributed by atoms with van der Waals surface area (Å²) in [6.45, 7) is 9.92. The van der Waals surface area contributed by atoms with Crippen LogP contribution in [0.25, 0.3) is 0 Å². The van der Waals surface area contributed by atoms with Crippen LogP contribution < -0.4 is 0 Å². The van der Waals surface area contributed by atoms with Crippen molar-refractivity contribution in [2.24, 2.45) is 0 Å². The molecule has 0 radical (unpaired) electrons. The molecule has 0 saturated carbocycles. The fourth-order valence-electron chi connectivity index (χ4n) is 4.59. The molecule has 182 valence electrons. The molecular formula is C29H31F5. The smallest absolute Gasteiger partial charge is 0.200 e. The van der Waals surface area contributed by atoms with Crippen LogP contribution in [-0.2, 0) is 12.8 Å². The molecule has 0 spiro atoms. The van der Waals surface area contributed by atoms with Crippen molar-refractivity contribution in [1.29, 1.82) is 0 Å². The molecule has 2 unspecified atom stereocenters. The molecule has 0 aliphatic rings.